The van der Waals surface area contributed by atoms with Gasteiger partial charge < -0.3 is 14.6 Å². The van der Waals surface area contributed by atoms with Gasteiger partial charge in [-0.15, -0.1) is 0 Å². The van der Waals surface area contributed by atoms with E-state index in [1.54, 1.807) is 29.6 Å². The van der Waals surface area contributed by atoms with E-state index >= 15 is 0 Å². The summed E-state index contributed by atoms with van der Waals surface area (Å²) in [4.78, 5) is 30.5. The number of hydrogen-bond donors (Lipinski definition) is 1. The smallest absolute Gasteiger partial charge is 0.254 e. The molecule has 0 bridgehead atoms. The molecule has 0 aromatic carbocycles. The Kier molecular flexibility index (Phi) is 4.03. The zero-order valence-electron chi connectivity index (χ0n) is 14.1. The highest BCUT2D eigenvalue weighted by Gasteiger charge is 2.39. The Hall–Kier alpha value is -2.63. The molecule has 2 amide bonds. The summed E-state index contributed by atoms with van der Waals surface area (Å²) in [5.41, 5.74) is 1.67. The Morgan fingerprint density at radius 2 is 2.08 bits per heavy atom. The second-order valence-corrected chi connectivity index (χ2v) is 6.88. The van der Waals surface area contributed by atoms with E-state index in [2.05, 4.69) is 10.3 Å². The van der Waals surface area contributed by atoms with Gasteiger partial charge in [-0.25, -0.2) is 0 Å². The van der Waals surface area contributed by atoms with Gasteiger partial charge in [-0.1, -0.05) is 0 Å². The average Bonchev–Trinajstić information content (AvgIpc) is 3.28. The zero-order valence-corrected chi connectivity index (χ0v) is 14.1. The minimum Gasteiger partial charge on any atom is -0.468 e. The number of rotatable bonds is 5. The summed E-state index contributed by atoms with van der Waals surface area (Å²) in [6.07, 6.45) is 7.64. The van der Waals surface area contributed by atoms with Crippen LogP contribution >= 0.6 is 0 Å². The van der Waals surface area contributed by atoms with Gasteiger partial charge >= 0.3 is 0 Å². The Bertz CT molecular complexity index is 782. The minimum atomic E-state index is -0.119. The van der Waals surface area contributed by atoms with Gasteiger partial charge in [0.1, 0.15) is 5.76 Å². The zero-order chi connectivity index (χ0) is 17.4. The molecule has 1 aliphatic carbocycles. The van der Waals surface area contributed by atoms with Gasteiger partial charge in [0.05, 0.1) is 17.9 Å². The maximum Gasteiger partial charge on any atom is 0.254 e. The quantitative estimate of drug-likeness (QED) is 0.908. The maximum atomic E-state index is 12.5. The van der Waals surface area contributed by atoms with Crippen LogP contribution in [-0.2, 0) is 4.79 Å². The predicted octanol–water partition coefficient (Wildman–Crippen LogP) is 2.50. The molecular formula is C19H21N3O3. The van der Waals surface area contributed by atoms with Gasteiger partial charge in [0.15, 0.2) is 0 Å². The van der Waals surface area contributed by atoms with Crippen LogP contribution in [0.1, 0.15) is 52.9 Å². The van der Waals surface area contributed by atoms with Crippen molar-refractivity contribution < 1.29 is 14.0 Å². The first-order chi connectivity index (χ1) is 12.1. The number of likely N-dealkylation sites (tertiary alicyclic amines) is 1. The second-order valence-electron chi connectivity index (χ2n) is 6.88. The molecule has 0 spiro atoms. The summed E-state index contributed by atoms with van der Waals surface area (Å²) in [7, 11) is 1.82. The Balaban J connectivity index is 1.46. The minimum absolute atomic E-state index is 0.0388. The molecular weight excluding hydrogens is 318 g/mol. The molecule has 1 aliphatic heterocycles. The molecule has 130 valence electrons. The van der Waals surface area contributed by atoms with Crippen LogP contribution in [0.2, 0.25) is 0 Å². The fourth-order valence-corrected chi connectivity index (χ4v) is 3.68. The van der Waals surface area contributed by atoms with E-state index in [0.29, 0.717) is 24.4 Å². The summed E-state index contributed by atoms with van der Waals surface area (Å²) in [6.45, 7) is 0.456. The van der Waals surface area contributed by atoms with Crippen LogP contribution in [0.4, 0.5) is 0 Å². The van der Waals surface area contributed by atoms with Crippen LogP contribution in [0.5, 0.6) is 0 Å². The van der Waals surface area contributed by atoms with Crippen LogP contribution in [0.15, 0.2) is 41.3 Å². The van der Waals surface area contributed by atoms with Crippen LogP contribution in [-0.4, -0.2) is 35.3 Å². The number of pyridine rings is 1. The summed E-state index contributed by atoms with van der Waals surface area (Å²) in [6, 6.07) is 5.55. The van der Waals surface area contributed by atoms with Gasteiger partial charge in [0.2, 0.25) is 5.91 Å². The lowest BCUT2D eigenvalue weighted by Crippen LogP contribution is -2.32. The average molecular weight is 339 g/mol. The molecule has 6 nitrogen and oxygen atoms in total. The first-order valence-corrected chi connectivity index (χ1v) is 8.66. The van der Waals surface area contributed by atoms with Crippen LogP contribution < -0.4 is 5.32 Å². The molecule has 2 aliphatic rings. The molecule has 1 saturated heterocycles. The number of nitrogens with one attached hydrogen (secondary N) is 1. The third-order valence-corrected chi connectivity index (χ3v) is 5.15. The normalized spacial score (nSPS) is 23.1. The van der Waals surface area contributed by atoms with Crippen molar-refractivity contribution in [3.63, 3.8) is 0 Å². The number of carbonyl (C=O) groups is 2. The summed E-state index contributed by atoms with van der Waals surface area (Å²) in [5, 5.41) is 3.00. The summed E-state index contributed by atoms with van der Waals surface area (Å²) < 4.78 is 5.48. The highest BCUT2D eigenvalue weighted by molar-refractivity contribution is 5.95. The molecule has 2 aromatic rings. The van der Waals surface area contributed by atoms with Crippen molar-refractivity contribution in [2.24, 2.45) is 5.92 Å². The molecule has 4 rings (SSSR count). The highest BCUT2D eigenvalue weighted by Crippen LogP contribution is 2.42. The molecule has 0 unspecified atom stereocenters. The van der Waals surface area contributed by atoms with Crippen molar-refractivity contribution in [3.8, 4) is 0 Å². The SMILES string of the molecule is CN1C(=O)C[C@@H](CNC(=O)c2ccoc2C2CC2)[C@@H]1c1ccncc1. The van der Waals surface area contributed by atoms with Crippen LogP contribution in [0.25, 0.3) is 0 Å². The number of carbonyl (C=O) groups excluding carboxylic acids is 2. The fourth-order valence-electron chi connectivity index (χ4n) is 3.68. The Labute approximate surface area is 146 Å². The van der Waals surface area contributed by atoms with Gasteiger partial charge in [0.25, 0.3) is 5.91 Å². The lowest BCUT2D eigenvalue weighted by atomic mass is 9.94. The van der Waals surface area contributed by atoms with E-state index < -0.39 is 0 Å². The van der Waals surface area contributed by atoms with Crippen LogP contribution in [0, 0.1) is 5.92 Å². The number of furan rings is 1. The van der Waals surface area contributed by atoms with E-state index in [0.717, 1.165) is 24.2 Å². The van der Waals surface area contributed by atoms with Gasteiger partial charge in [-0.2, -0.15) is 0 Å². The summed E-state index contributed by atoms with van der Waals surface area (Å²) >= 11 is 0. The monoisotopic (exact) mass is 339 g/mol. The number of aromatic nitrogens is 1. The van der Waals surface area contributed by atoms with Gasteiger partial charge in [-0.3, -0.25) is 14.6 Å². The van der Waals surface area contributed by atoms with Gasteiger partial charge in [-0.05, 0) is 36.6 Å². The van der Waals surface area contributed by atoms with Crippen LogP contribution in [0.3, 0.4) is 0 Å². The number of hydrogen-bond acceptors (Lipinski definition) is 4. The van der Waals surface area contributed by atoms with Crippen molar-refractivity contribution in [1.82, 2.24) is 15.2 Å². The van der Waals surface area contributed by atoms with E-state index in [4.69, 9.17) is 4.42 Å². The molecule has 1 N–H and O–H groups in total. The van der Waals surface area contributed by atoms with E-state index in [9.17, 15) is 9.59 Å². The molecule has 1 saturated carbocycles. The molecule has 2 fully saturated rings. The Morgan fingerprint density at radius 3 is 2.80 bits per heavy atom. The predicted molar refractivity (Wildman–Crippen MR) is 90.9 cm³/mol. The van der Waals surface area contributed by atoms with E-state index in [-0.39, 0.29) is 23.8 Å². The maximum absolute atomic E-state index is 12.5. The van der Waals surface area contributed by atoms with Crippen molar-refractivity contribution in [3.05, 3.63) is 53.7 Å². The Morgan fingerprint density at radius 1 is 1.32 bits per heavy atom. The van der Waals surface area contributed by atoms with Gasteiger partial charge in [0, 0.05) is 44.2 Å². The van der Waals surface area contributed by atoms with Crippen molar-refractivity contribution >= 4 is 11.8 Å². The molecule has 0 radical (unpaired) electrons. The largest absolute Gasteiger partial charge is 0.468 e. The first-order valence-electron chi connectivity index (χ1n) is 8.66. The standard InChI is InChI=1S/C19H21N3O3/c1-22-16(23)10-14(17(22)12-4-7-20-8-5-12)11-21-19(24)15-6-9-25-18(15)13-2-3-13/h4-9,13-14,17H,2-3,10-11H2,1H3,(H,21,24)/t14-,17-/m0/s1. The molecule has 2 aromatic heterocycles. The third-order valence-electron chi connectivity index (χ3n) is 5.15. The lowest BCUT2D eigenvalue weighted by Gasteiger charge is -2.25. The van der Waals surface area contributed by atoms with Crippen molar-refractivity contribution in [2.45, 2.75) is 31.2 Å². The van der Waals surface area contributed by atoms with Crippen molar-refractivity contribution in [1.29, 1.82) is 0 Å². The third kappa shape index (κ3) is 3.04. The molecule has 6 heteroatoms. The molecule has 2 atom stereocenters. The summed E-state index contributed by atoms with van der Waals surface area (Å²) in [5.74, 6) is 1.21. The first kappa shape index (κ1) is 15.9. The highest BCUT2D eigenvalue weighted by atomic mass is 16.3. The van der Waals surface area contributed by atoms with E-state index in [1.165, 1.54) is 0 Å². The van der Waals surface area contributed by atoms with E-state index in [1.807, 2.05) is 19.2 Å². The fraction of sp³-hybridized carbons (Fsp3) is 0.421. The lowest BCUT2D eigenvalue weighted by molar-refractivity contribution is -0.127. The van der Waals surface area contributed by atoms with Crippen molar-refractivity contribution in [2.75, 3.05) is 13.6 Å². The number of amides is 2. The second kappa shape index (κ2) is 6.35. The molecule has 3 heterocycles. The number of nitrogens with zero attached hydrogens (tertiary/aromatic N) is 2. The topological polar surface area (TPSA) is 75.4 Å². The molecule has 25 heavy (non-hydrogen) atoms.